The first-order chi connectivity index (χ1) is 12.6. The number of alkyl halides is 3. The molecular formula is C18H15F3N2O4. The average Bonchev–Trinajstić information content (AvgIpc) is 2.61. The van der Waals surface area contributed by atoms with Crippen molar-refractivity contribution in [3.63, 3.8) is 0 Å². The summed E-state index contributed by atoms with van der Waals surface area (Å²) in [6.45, 7) is 0. The predicted octanol–water partition coefficient (Wildman–Crippen LogP) is 2.50. The van der Waals surface area contributed by atoms with Crippen LogP contribution < -0.4 is 10.6 Å². The Morgan fingerprint density at radius 1 is 1.04 bits per heavy atom. The minimum atomic E-state index is -5.31. The van der Waals surface area contributed by atoms with Gasteiger partial charge in [-0.05, 0) is 17.7 Å². The summed E-state index contributed by atoms with van der Waals surface area (Å²) < 4.78 is 41.1. The summed E-state index contributed by atoms with van der Waals surface area (Å²) in [5, 5.41) is 23.5. The Balaban J connectivity index is 2.15. The summed E-state index contributed by atoms with van der Waals surface area (Å²) in [6, 6.07) is 9.40. The van der Waals surface area contributed by atoms with Crippen molar-refractivity contribution in [3.05, 3.63) is 65.7 Å². The molecule has 0 radical (unpaired) electrons. The molecule has 0 aromatic heterocycles. The first kappa shape index (κ1) is 18.7. The van der Waals surface area contributed by atoms with Gasteiger partial charge in [0.2, 0.25) is 5.72 Å². The zero-order chi connectivity index (χ0) is 19.8. The molecule has 4 N–H and O–H groups in total. The summed E-state index contributed by atoms with van der Waals surface area (Å²) in [5.74, 6) is -3.24. The van der Waals surface area contributed by atoms with Gasteiger partial charge in [0.1, 0.15) is 11.7 Å². The molecule has 3 atom stereocenters. The summed E-state index contributed by atoms with van der Waals surface area (Å²) in [6.07, 6.45) is -5.31. The van der Waals surface area contributed by atoms with E-state index in [-0.39, 0.29) is 16.9 Å². The number of rotatable bonds is 3. The lowest BCUT2D eigenvalue weighted by Crippen LogP contribution is -2.72. The van der Waals surface area contributed by atoms with Gasteiger partial charge in [-0.2, -0.15) is 13.2 Å². The zero-order valence-corrected chi connectivity index (χ0v) is 13.7. The summed E-state index contributed by atoms with van der Waals surface area (Å²) in [7, 11) is 0. The molecule has 142 valence electrons. The van der Waals surface area contributed by atoms with Crippen LogP contribution in [0.4, 0.5) is 18.0 Å². The molecule has 0 unspecified atom stereocenters. The Bertz CT molecular complexity index is 855. The van der Waals surface area contributed by atoms with E-state index in [0.29, 0.717) is 0 Å². The Labute approximate surface area is 151 Å². The van der Waals surface area contributed by atoms with Gasteiger partial charge in [0.25, 0.3) is 0 Å². The average molecular weight is 380 g/mol. The summed E-state index contributed by atoms with van der Waals surface area (Å²) >= 11 is 0. The van der Waals surface area contributed by atoms with Crippen LogP contribution in [0, 0.1) is 5.92 Å². The fraction of sp³-hybridized carbons (Fsp3) is 0.222. The molecule has 2 aromatic carbocycles. The van der Waals surface area contributed by atoms with Crippen LogP contribution >= 0.6 is 0 Å². The van der Waals surface area contributed by atoms with E-state index in [1.165, 1.54) is 53.8 Å². The highest BCUT2D eigenvalue weighted by Gasteiger charge is 2.66. The number of hydrogen-bond acceptors (Lipinski definition) is 4. The third-order valence-electron chi connectivity index (χ3n) is 4.40. The number of ketones is 1. The van der Waals surface area contributed by atoms with Gasteiger partial charge in [0, 0.05) is 5.56 Å². The number of Topliss-reactive ketones (excluding diaryl/α,β-unsaturated/α-hetero) is 1. The van der Waals surface area contributed by atoms with Crippen LogP contribution in [0.5, 0.6) is 5.75 Å². The van der Waals surface area contributed by atoms with E-state index in [1.54, 1.807) is 6.07 Å². The van der Waals surface area contributed by atoms with Crippen molar-refractivity contribution in [1.82, 2.24) is 10.6 Å². The molecule has 1 heterocycles. The van der Waals surface area contributed by atoms with Crippen LogP contribution in [0.1, 0.15) is 22.0 Å². The fourth-order valence-corrected chi connectivity index (χ4v) is 3.08. The highest BCUT2D eigenvalue weighted by atomic mass is 19.4. The molecule has 3 rings (SSSR count). The summed E-state index contributed by atoms with van der Waals surface area (Å²) in [4.78, 5) is 24.8. The molecule has 9 heteroatoms. The third-order valence-corrected chi connectivity index (χ3v) is 4.40. The first-order valence-electron chi connectivity index (χ1n) is 7.89. The van der Waals surface area contributed by atoms with Crippen molar-refractivity contribution in [2.75, 3.05) is 0 Å². The van der Waals surface area contributed by atoms with Gasteiger partial charge in [-0.15, -0.1) is 0 Å². The number of hydrogen-bond donors (Lipinski definition) is 4. The number of carbonyl (C=O) groups excluding carboxylic acids is 2. The van der Waals surface area contributed by atoms with Crippen molar-refractivity contribution in [2.45, 2.75) is 17.9 Å². The molecule has 1 aliphatic rings. The molecule has 1 fully saturated rings. The van der Waals surface area contributed by atoms with Gasteiger partial charge in [-0.3, -0.25) is 4.79 Å². The van der Waals surface area contributed by atoms with Crippen LogP contribution in [0.3, 0.4) is 0 Å². The molecule has 2 aromatic rings. The molecule has 0 aliphatic carbocycles. The zero-order valence-electron chi connectivity index (χ0n) is 13.7. The first-order valence-corrected chi connectivity index (χ1v) is 7.89. The molecule has 27 heavy (non-hydrogen) atoms. The van der Waals surface area contributed by atoms with Gasteiger partial charge in [-0.1, -0.05) is 42.5 Å². The van der Waals surface area contributed by atoms with E-state index in [4.69, 9.17) is 0 Å². The lowest BCUT2D eigenvalue weighted by Gasteiger charge is -2.45. The predicted molar refractivity (Wildman–Crippen MR) is 87.8 cm³/mol. The molecule has 1 aliphatic heterocycles. The Morgan fingerprint density at radius 3 is 2.19 bits per heavy atom. The fourth-order valence-electron chi connectivity index (χ4n) is 3.08. The van der Waals surface area contributed by atoms with Crippen LogP contribution in [-0.2, 0) is 0 Å². The number of amides is 2. The number of benzene rings is 2. The number of phenolic OH excluding ortho intramolecular Hbond substituents is 1. The smallest absolute Gasteiger partial charge is 0.437 e. The number of carbonyl (C=O) groups is 2. The number of urea groups is 1. The number of phenols is 1. The third kappa shape index (κ3) is 3.33. The maximum Gasteiger partial charge on any atom is 0.437 e. The number of nitrogens with one attached hydrogen (secondary N) is 2. The molecule has 0 spiro atoms. The highest BCUT2D eigenvalue weighted by molar-refractivity contribution is 6.00. The summed E-state index contributed by atoms with van der Waals surface area (Å²) in [5.41, 5.74) is -3.70. The van der Waals surface area contributed by atoms with Crippen LogP contribution in [-0.4, -0.2) is 33.9 Å². The quantitative estimate of drug-likeness (QED) is 0.615. The van der Waals surface area contributed by atoms with Gasteiger partial charge in [0.15, 0.2) is 5.78 Å². The van der Waals surface area contributed by atoms with Crippen LogP contribution in [0.15, 0.2) is 54.6 Å². The SMILES string of the molecule is O=C1N[C@H](c2ccc(O)cc2)[C@H](C(=O)c2ccccc2)[C@](O)(C(F)(F)F)N1. The Kier molecular flexibility index (Phi) is 4.56. The molecule has 2 amide bonds. The van der Waals surface area contributed by atoms with Crippen molar-refractivity contribution < 1.29 is 33.0 Å². The lowest BCUT2D eigenvalue weighted by atomic mass is 9.77. The van der Waals surface area contributed by atoms with E-state index in [2.05, 4.69) is 5.32 Å². The van der Waals surface area contributed by atoms with Crippen molar-refractivity contribution in [3.8, 4) is 5.75 Å². The van der Waals surface area contributed by atoms with E-state index >= 15 is 0 Å². The monoisotopic (exact) mass is 380 g/mol. The standard InChI is InChI=1S/C18H15F3N2O4/c19-18(20,21)17(27)13(15(25)11-4-2-1-3-5-11)14(22-16(26)23-17)10-6-8-12(24)9-7-10/h1-9,13-14,24,27H,(H2,22,23,26)/t13-,14-,17+/m1/s1. The topological polar surface area (TPSA) is 98.7 Å². The molecule has 0 bridgehead atoms. The molecule has 0 saturated carbocycles. The van der Waals surface area contributed by atoms with E-state index in [9.17, 15) is 33.0 Å². The number of halogens is 3. The Morgan fingerprint density at radius 2 is 1.63 bits per heavy atom. The van der Waals surface area contributed by atoms with Crippen LogP contribution in [0.2, 0.25) is 0 Å². The van der Waals surface area contributed by atoms with Crippen molar-refractivity contribution in [2.24, 2.45) is 5.92 Å². The second kappa shape index (κ2) is 6.58. The van der Waals surface area contributed by atoms with Crippen molar-refractivity contribution in [1.29, 1.82) is 0 Å². The van der Waals surface area contributed by atoms with Crippen molar-refractivity contribution >= 4 is 11.8 Å². The van der Waals surface area contributed by atoms with Gasteiger partial charge < -0.3 is 20.8 Å². The second-order valence-electron chi connectivity index (χ2n) is 6.14. The van der Waals surface area contributed by atoms with Gasteiger partial charge in [0.05, 0.1) is 6.04 Å². The van der Waals surface area contributed by atoms with Crippen LogP contribution in [0.25, 0.3) is 0 Å². The van der Waals surface area contributed by atoms with E-state index in [1.807, 2.05) is 0 Å². The largest absolute Gasteiger partial charge is 0.508 e. The molecular weight excluding hydrogens is 365 g/mol. The minimum Gasteiger partial charge on any atom is -0.508 e. The van der Waals surface area contributed by atoms with Gasteiger partial charge in [-0.25, -0.2) is 4.79 Å². The highest BCUT2D eigenvalue weighted by Crippen LogP contribution is 2.44. The van der Waals surface area contributed by atoms with E-state index in [0.717, 1.165) is 0 Å². The molecule has 1 saturated heterocycles. The minimum absolute atomic E-state index is 0.0492. The number of aromatic hydroxyl groups is 1. The maximum absolute atomic E-state index is 13.7. The van der Waals surface area contributed by atoms with Gasteiger partial charge >= 0.3 is 12.2 Å². The second-order valence-corrected chi connectivity index (χ2v) is 6.14. The maximum atomic E-state index is 13.7. The molecule has 6 nitrogen and oxygen atoms in total. The van der Waals surface area contributed by atoms with E-state index < -0.39 is 35.7 Å². The number of aliphatic hydroxyl groups is 1. The Hall–Kier alpha value is -3.07. The normalized spacial score (nSPS) is 25.4. The lowest BCUT2D eigenvalue weighted by molar-refractivity contribution is -0.287.